The van der Waals surface area contributed by atoms with Crippen molar-refractivity contribution in [2.45, 2.75) is 32.8 Å². The molecule has 0 aromatic heterocycles. The smallest absolute Gasteiger partial charge is 0.341 e. The molecule has 0 aliphatic rings. The molecule has 0 saturated heterocycles. The molecule has 0 unspecified atom stereocenters. The van der Waals surface area contributed by atoms with Gasteiger partial charge in [0, 0.05) is 12.8 Å². The van der Waals surface area contributed by atoms with E-state index in [9.17, 15) is 9.59 Å². The van der Waals surface area contributed by atoms with Crippen LogP contribution in [0.2, 0.25) is 0 Å². The fourth-order valence-corrected chi connectivity index (χ4v) is 1.81. The minimum atomic E-state index is -0.927. The lowest BCUT2D eigenvalue weighted by Gasteiger charge is -2.25. The first-order chi connectivity index (χ1) is 10.4. The molecule has 0 heterocycles. The van der Waals surface area contributed by atoms with Crippen LogP contribution in [0.25, 0.3) is 0 Å². The molecule has 0 saturated carbocycles. The molecule has 1 amide bonds. The molecule has 1 aromatic rings. The van der Waals surface area contributed by atoms with E-state index in [1.807, 2.05) is 6.92 Å². The van der Waals surface area contributed by atoms with Gasteiger partial charge in [-0.05, 0) is 38.5 Å². The highest BCUT2D eigenvalue weighted by Gasteiger charge is 2.31. The molecule has 6 nitrogen and oxygen atoms in total. The van der Waals surface area contributed by atoms with Crippen LogP contribution in [0.5, 0.6) is 5.75 Å². The summed E-state index contributed by atoms with van der Waals surface area (Å²) in [6, 6.07) is 4.80. The van der Waals surface area contributed by atoms with Crippen molar-refractivity contribution in [1.29, 1.82) is 0 Å². The van der Waals surface area contributed by atoms with Gasteiger partial charge in [0.2, 0.25) is 0 Å². The van der Waals surface area contributed by atoms with E-state index in [4.69, 9.17) is 14.2 Å². The molecule has 0 bridgehead atoms. The number of amides is 1. The number of carbonyl (C=O) groups excluding carboxylic acids is 2. The lowest BCUT2D eigenvalue weighted by Crippen LogP contribution is -2.41. The molecular weight excluding hydrogens is 286 g/mol. The number of benzene rings is 1. The Hall–Kier alpha value is -2.08. The van der Waals surface area contributed by atoms with Crippen molar-refractivity contribution >= 4 is 17.6 Å². The van der Waals surface area contributed by atoms with E-state index in [-0.39, 0.29) is 18.1 Å². The third kappa shape index (κ3) is 3.98. The SMILES string of the molecule is CCOC(=O)c1cc(NC(=O)[C@](C)(CC)OC)ccc1OC. The Morgan fingerprint density at radius 1 is 1.23 bits per heavy atom. The van der Waals surface area contributed by atoms with E-state index in [0.717, 1.165) is 0 Å². The molecule has 0 fully saturated rings. The Morgan fingerprint density at radius 2 is 1.91 bits per heavy atom. The average Bonchev–Trinajstić information content (AvgIpc) is 2.54. The maximum absolute atomic E-state index is 12.3. The van der Waals surface area contributed by atoms with Gasteiger partial charge in [0.1, 0.15) is 16.9 Å². The van der Waals surface area contributed by atoms with Crippen LogP contribution in [-0.4, -0.2) is 38.3 Å². The standard InChI is InChI=1S/C16H23NO5/c1-6-16(3,21-5)15(19)17-11-8-9-13(20-4)12(10-11)14(18)22-7-2/h8-10H,6-7H2,1-5H3,(H,17,19)/t16-/m0/s1. The Morgan fingerprint density at radius 3 is 2.41 bits per heavy atom. The Balaban J connectivity index is 3.05. The lowest BCUT2D eigenvalue weighted by atomic mass is 10.0. The fraction of sp³-hybridized carbons (Fsp3) is 0.500. The molecule has 122 valence electrons. The molecule has 1 atom stereocenters. The Kier molecular flexibility index (Phi) is 6.37. The van der Waals surface area contributed by atoms with Crippen molar-refractivity contribution in [2.75, 3.05) is 26.1 Å². The molecule has 0 aliphatic heterocycles. The third-order valence-electron chi connectivity index (χ3n) is 3.56. The molecule has 6 heteroatoms. The van der Waals surface area contributed by atoms with Crippen molar-refractivity contribution < 1.29 is 23.8 Å². The van der Waals surface area contributed by atoms with Crippen LogP contribution in [-0.2, 0) is 14.3 Å². The number of methoxy groups -OCH3 is 2. The van der Waals surface area contributed by atoms with Gasteiger partial charge >= 0.3 is 5.97 Å². The van der Waals surface area contributed by atoms with E-state index in [2.05, 4.69) is 5.32 Å². The summed E-state index contributed by atoms with van der Waals surface area (Å²) in [5.74, 6) is -0.389. The topological polar surface area (TPSA) is 73.9 Å². The van der Waals surface area contributed by atoms with Crippen LogP contribution in [0.4, 0.5) is 5.69 Å². The number of ether oxygens (including phenoxy) is 3. The van der Waals surface area contributed by atoms with Crippen LogP contribution in [0.1, 0.15) is 37.6 Å². The highest BCUT2D eigenvalue weighted by atomic mass is 16.5. The van der Waals surface area contributed by atoms with Gasteiger partial charge in [-0.25, -0.2) is 4.79 Å². The van der Waals surface area contributed by atoms with Gasteiger partial charge in [0.15, 0.2) is 0 Å². The quantitative estimate of drug-likeness (QED) is 0.784. The summed E-state index contributed by atoms with van der Waals surface area (Å²) < 4.78 is 15.4. The number of hydrogen-bond donors (Lipinski definition) is 1. The second-order valence-corrected chi connectivity index (χ2v) is 4.88. The first-order valence-electron chi connectivity index (χ1n) is 7.13. The summed E-state index contributed by atoms with van der Waals surface area (Å²) >= 11 is 0. The van der Waals surface area contributed by atoms with Crippen molar-refractivity contribution in [3.8, 4) is 5.75 Å². The largest absolute Gasteiger partial charge is 0.496 e. The summed E-state index contributed by atoms with van der Waals surface area (Å²) in [6.45, 7) is 5.55. The monoisotopic (exact) mass is 309 g/mol. The third-order valence-corrected chi connectivity index (χ3v) is 3.56. The minimum Gasteiger partial charge on any atom is -0.496 e. The maximum atomic E-state index is 12.3. The summed E-state index contributed by atoms with van der Waals surface area (Å²) in [4.78, 5) is 24.2. The average molecular weight is 309 g/mol. The van der Waals surface area contributed by atoms with E-state index in [0.29, 0.717) is 17.9 Å². The van der Waals surface area contributed by atoms with Gasteiger partial charge in [0.05, 0.1) is 13.7 Å². The van der Waals surface area contributed by atoms with E-state index < -0.39 is 11.6 Å². The summed E-state index contributed by atoms with van der Waals surface area (Å²) in [7, 11) is 2.95. The van der Waals surface area contributed by atoms with Crippen LogP contribution >= 0.6 is 0 Å². The zero-order valence-corrected chi connectivity index (χ0v) is 13.7. The van der Waals surface area contributed by atoms with Gasteiger partial charge in [-0.1, -0.05) is 6.92 Å². The van der Waals surface area contributed by atoms with Gasteiger partial charge in [-0.3, -0.25) is 4.79 Å². The molecule has 0 spiro atoms. The minimum absolute atomic E-state index is 0.260. The van der Waals surface area contributed by atoms with Gasteiger partial charge in [0.25, 0.3) is 5.91 Å². The summed E-state index contributed by atoms with van der Waals surface area (Å²) in [6.07, 6.45) is 0.524. The summed E-state index contributed by atoms with van der Waals surface area (Å²) in [5.41, 5.74) is -0.187. The van der Waals surface area contributed by atoms with E-state index in [1.54, 1.807) is 26.0 Å². The van der Waals surface area contributed by atoms with Crippen LogP contribution < -0.4 is 10.1 Å². The maximum Gasteiger partial charge on any atom is 0.341 e. The highest BCUT2D eigenvalue weighted by Crippen LogP contribution is 2.25. The zero-order valence-electron chi connectivity index (χ0n) is 13.7. The molecule has 0 radical (unpaired) electrons. The molecule has 1 rings (SSSR count). The van der Waals surface area contributed by atoms with Crippen molar-refractivity contribution in [1.82, 2.24) is 0 Å². The Bertz CT molecular complexity index is 537. The second-order valence-electron chi connectivity index (χ2n) is 4.88. The van der Waals surface area contributed by atoms with Crippen molar-refractivity contribution in [3.05, 3.63) is 23.8 Å². The van der Waals surface area contributed by atoms with Gasteiger partial charge in [-0.15, -0.1) is 0 Å². The number of nitrogens with one attached hydrogen (secondary N) is 1. The second kappa shape index (κ2) is 7.79. The lowest BCUT2D eigenvalue weighted by molar-refractivity contribution is -0.136. The predicted molar refractivity (Wildman–Crippen MR) is 83.3 cm³/mol. The fourth-order valence-electron chi connectivity index (χ4n) is 1.81. The number of esters is 1. The first-order valence-corrected chi connectivity index (χ1v) is 7.13. The highest BCUT2D eigenvalue weighted by molar-refractivity contribution is 5.99. The van der Waals surface area contributed by atoms with E-state index >= 15 is 0 Å². The molecule has 1 N–H and O–H groups in total. The van der Waals surface area contributed by atoms with Crippen LogP contribution in [0.3, 0.4) is 0 Å². The van der Waals surface area contributed by atoms with Crippen molar-refractivity contribution in [2.24, 2.45) is 0 Å². The normalized spacial score (nSPS) is 13.1. The number of hydrogen-bond acceptors (Lipinski definition) is 5. The van der Waals surface area contributed by atoms with Crippen molar-refractivity contribution in [3.63, 3.8) is 0 Å². The van der Waals surface area contributed by atoms with Gasteiger partial charge in [-0.2, -0.15) is 0 Å². The van der Waals surface area contributed by atoms with Crippen LogP contribution in [0.15, 0.2) is 18.2 Å². The zero-order chi connectivity index (χ0) is 16.8. The molecule has 22 heavy (non-hydrogen) atoms. The summed E-state index contributed by atoms with van der Waals surface area (Å²) in [5, 5.41) is 2.75. The van der Waals surface area contributed by atoms with E-state index in [1.165, 1.54) is 20.3 Å². The molecular formula is C16H23NO5. The first kappa shape index (κ1) is 18.0. The number of rotatable bonds is 7. The van der Waals surface area contributed by atoms with Crippen LogP contribution in [0, 0.1) is 0 Å². The number of carbonyl (C=O) groups is 2. The molecule has 0 aliphatic carbocycles. The molecule has 1 aromatic carbocycles. The number of anilines is 1. The predicted octanol–water partition coefficient (Wildman–Crippen LogP) is 2.63. The Labute approximate surface area is 130 Å². The van der Waals surface area contributed by atoms with Gasteiger partial charge < -0.3 is 19.5 Å².